The van der Waals surface area contributed by atoms with Gasteiger partial charge >= 0.3 is 0 Å². The van der Waals surface area contributed by atoms with E-state index in [4.69, 9.17) is 15.0 Å². The van der Waals surface area contributed by atoms with Gasteiger partial charge in [0.1, 0.15) is 5.82 Å². The van der Waals surface area contributed by atoms with Gasteiger partial charge < -0.3 is 0 Å². The molecule has 0 spiro atoms. The van der Waals surface area contributed by atoms with Gasteiger partial charge in [-0.25, -0.2) is 15.0 Å². The Hall–Kier alpha value is -8.21. The first-order valence-corrected chi connectivity index (χ1v) is 20.7. The van der Waals surface area contributed by atoms with Crippen LogP contribution in [0.15, 0.2) is 219 Å². The van der Waals surface area contributed by atoms with Crippen molar-refractivity contribution in [2.75, 3.05) is 0 Å². The number of pyridine rings is 1. The van der Waals surface area contributed by atoms with Crippen LogP contribution in [-0.4, -0.2) is 19.5 Å². The molecule has 0 radical (unpaired) electrons. The lowest BCUT2D eigenvalue weighted by Crippen LogP contribution is -1.98. The standard InChI is InChI=1S/C57H36N4/c1-5-17-37(18-6-1)47-34-51-54(45-27-15-13-25-43(45)47)55-46-28-16-14-26-44(46)48(38-19-7-2-8-20-38)35-52(55)61(51)53-32-30-42(36-58-53)41-29-31-49-50(33-41)60-57(40-23-11-4-12-24-40)56(59-49)39-21-9-3-10-22-39/h1-36H. The summed E-state index contributed by atoms with van der Waals surface area (Å²) in [6, 6.07) is 75.2. The monoisotopic (exact) mass is 776 g/mol. The Kier molecular flexibility index (Phi) is 8.13. The van der Waals surface area contributed by atoms with Crippen LogP contribution in [0.4, 0.5) is 0 Å². The Labute approximate surface area is 352 Å². The summed E-state index contributed by atoms with van der Waals surface area (Å²) in [5, 5.41) is 7.35. The molecule has 0 unspecified atom stereocenters. The summed E-state index contributed by atoms with van der Waals surface area (Å²) in [5.74, 6) is 0.854. The van der Waals surface area contributed by atoms with Gasteiger partial charge in [-0.1, -0.05) is 176 Å². The minimum absolute atomic E-state index is 0.836. The van der Waals surface area contributed by atoms with Crippen molar-refractivity contribution in [2.24, 2.45) is 0 Å². The second-order valence-corrected chi connectivity index (χ2v) is 15.6. The molecule has 4 nitrogen and oxygen atoms in total. The summed E-state index contributed by atoms with van der Waals surface area (Å²) in [6.45, 7) is 0. The topological polar surface area (TPSA) is 43.6 Å². The molecule has 61 heavy (non-hydrogen) atoms. The van der Waals surface area contributed by atoms with E-state index in [9.17, 15) is 0 Å². The maximum atomic E-state index is 5.29. The van der Waals surface area contributed by atoms with E-state index < -0.39 is 0 Å². The van der Waals surface area contributed by atoms with E-state index in [2.05, 4.69) is 180 Å². The van der Waals surface area contributed by atoms with E-state index in [1.165, 1.54) is 54.6 Å². The van der Waals surface area contributed by atoms with Crippen molar-refractivity contribution >= 4 is 54.4 Å². The van der Waals surface area contributed by atoms with Crippen LogP contribution in [-0.2, 0) is 0 Å². The molecule has 4 heteroatoms. The Balaban J connectivity index is 1.08. The van der Waals surface area contributed by atoms with Crippen molar-refractivity contribution in [3.8, 4) is 61.7 Å². The third kappa shape index (κ3) is 5.80. The van der Waals surface area contributed by atoms with Crippen LogP contribution in [0.3, 0.4) is 0 Å². The fourth-order valence-corrected chi connectivity index (χ4v) is 9.21. The van der Waals surface area contributed by atoms with E-state index in [0.29, 0.717) is 0 Å². The Morgan fingerprint density at radius 3 is 1.21 bits per heavy atom. The summed E-state index contributed by atoms with van der Waals surface area (Å²) < 4.78 is 2.37. The molecule has 12 aromatic rings. The number of hydrogen-bond acceptors (Lipinski definition) is 3. The summed E-state index contributed by atoms with van der Waals surface area (Å²) in [7, 11) is 0. The van der Waals surface area contributed by atoms with Crippen LogP contribution in [0.5, 0.6) is 0 Å². The minimum atomic E-state index is 0.836. The second kappa shape index (κ2) is 14.3. The molecule has 0 fully saturated rings. The smallest absolute Gasteiger partial charge is 0.137 e. The van der Waals surface area contributed by atoms with E-state index in [0.717, 1.165) is 61.5 Å². The molecule has 284 valence electrons. The van der Waals surface area contributed by atoms with E-state index in [-0.39, 0.29) is 0 Å². The van der Waals surface area contributed by atoms with E-state index >= 15 is 0 Å². The zero-order valence-corrected chi connectivity index (χ0v) is 33.1. The molecule has 0 saturated heterocycles. The number of nitrogens with zero attached hydrogens (tertiary/aromatic N) is 4. The normalized spacial score (nSPS) is 11.6. The molecule has 3 heterocycles. The molecular formula is C57H36N4. The molecular weight excluding hydrogens is 741 g/mol. The van der Waals surface area contributed by atoms with E-state index in [1.54, 1.807) is 0 Å². The minimum Gasteiger partial charge on any atom is -0.294 e. The zero-order chi connectivity index (χ0) is 40.3. The number of benzene rings is 9. The number of fused-ring (bicyclic) bond motifs is 8. The summed E-state index contributed by atoms with van der Waals surface area (Å²) >= 11 is 0. The zero-order valence-electron chi connectivity index (χ0n) is 33.1. The predicted molar refractivity (Wildman–Crippen MR) is 254 cm³/mol. The Morgan fingerprint density at radius 2 is 0.738 bits per heavy atom. The molecule has 12 rings (SSSR count). The lowest BCUT2D eigenvalue weighted by atomic mass is 9.92. The third-order valence-electron chi connectivity index (χ3n) is 12.0. The quantitative estimate of drug-likeness (QED) is 0.169. The molecule has 0 aliphatic rings. The van der Waals surface area contributed by atoms with Crippen molar-refractivity contribution < 1.29 is 0 Å². The third-order valence-corrected chi connectivity index (χ3v) is 12.0. The van der Waals surface area contributed by atoms with Gasteiger partial charge in [0.05, 0.1) is 33.5 Å². The van der Waals surface area contributed by atoms with Gasteiger partial charge in [-0.2, -0.15) is 0 Å². The van der Waals surface area contributed by atoms with Gasteiger partial charge in [0, 0.05) is 33.7 Å². The average molecular weight is 777 g/mol. The first-order chi connectivity index (χ1) is 30.3. The maximum absolute atomic E-state index is 5.29. The molecule has 3 aromatic heterocycles. The van der Waals surface area contributed by atoms with Gasteiger partial charge in [0.2, 0.25) is 0 Å². The highest BCUT2D eigenvalue weighted by atomic mass is 15.1. The summed E-state index contributed by atoms with van der Waals surface area (Å²) in [6.07, 6.45) is 2.00. The molecule has 0 saturated carbocycles. The van der Waals surface area contributed by atoms with Crippen molar-refractivity contribution in [3.63, 3.8) is 0 Å². The number of hydrogen-bond donors (Lipinski definition) is 0. The van der Waals surface area contributed by atoms with Crippen molar-refractivity contribution in [1.29, 1.82) is 0 Å². The molecule has 0 aliphatic carbocycles. The average Bonchev–Trinajstić information content (AvgIpc) is 3.68. The molecule has 0 N–H and O–H groups in total. The van der Waals surface area contributed by atoms with Crippen molar-refractivity contribution in [3.05, 3.63) is 219 Å². The predicted octanol–water partition coefficient (Wildman–Crippen LogP) is 14.8. The van der Waals surface area contributed by atoms with Crippen LogP contribution < -0.4 is 0 Å². The van der Waals surface area contributed by atoms with Crippen LogP contribution >= 0.6 is 0 Å². The highest BCUT2D eigenvalue weighted by Gasteiger charge is 2.22. The highest BCUT2D eigenvalue weighted by molar-refractivity contribution is 6.31. The van der Waals surface area contributed by atoms with E-state index in [1.807, 2.05) is 42.6 Å². The van der Waals surface area contributed by atoms with Crippen LogP contribution in [0, 0.1) is 0 Å². The largest absolute Gasteiger partial charge is 0.294 e. The van der Waals surface area contributed by atoms with Gasteiger partial charge in [-0.3, -0.25) is 4.57 Å². The highest BCUT2D eigenvalue weighted by Crippen LogP contribution is 2.46. The van der Waals surface area contributed by atoms with Crippen LogP contribution in [0.2, 0.25) is 0 Å². The first kappa shape index (κ1) is 34.8. The first-order valence-electron chi connectivity index (χ1n) is 20.7. The van der Waals surface area contributed by atoms with Gasteiger partial charge in [0.15, 0.2) is 0 Å². The number of aromatic nitrogens is 4. The SMILES string of the molecule is c1ccc(-c2nc3ccc(-c4ccc(-n5c6cc(-c7ccccc7)c7ccccc7c6c6c7ccccc7c(-c7ccccc7)cc65)nc4)cc3nc2-c2ccccc2)cc1. The summed E-state index contributed by atoms with van der Waals surface area (Å²) in [4.78, 5) is 15.7. The Bertz CT molecular complexity index is 3460. The van der Waals surface area contributed by atoms with Crippen LogP contribution in [0.1, 0.15) is 0 Å². The van der Waals surface area contributed by atoms with Gasteiger partial charge in [0.25, 0.3) is 0 Å². The van der Waals surface area contributed by atoms with Gasteiger partial charge in [-0.15, -0.1) is 0 Å². The lowest BCUT2D eigenvalue weighted by Gasteiger charge is -2.13. The maximum Gasteiger partial charge on any atom is 0.137 e. The molecule has 0 bridgehead atoms. The molecule has 0 atom stereocenters. The lowest BCUT2D eigenvalue weighted by molar-refractivity contribution is 1.08. The van der Waals surface area contributed by atoms with Gasteiger partial charge in [-0.05, 0) is 85.8 Å². The number of rotatable bonds is 6. The fourth-order valence-electron chi connectivity index (χ4n) is 9.21. The molecule has 0 amide bonds. The fraction of sp³-hybridized carbons (Fsp3) is 0. The second-order valence-electron chi connectivity index (χ2n) is 15.6. The van der Waals surface area contributed by atoms with Crippen molar-refractivity contribution in [1.82, 2.24) is 19.5 Å². The molecule has 0 aliphatic heterocycles. The Morgan fingerprint density at radius 1 is 0.311 bits per heavy atom. The molecule has 9 aromatic carbocycles. The van der Waals surface area contributed by atoms with Crippen molar-refractivity contribution in [2.45, 2.75) is 0 Å². The van der Waals surface area contributed by atoms with Crippen LogP contribution in [0.25, 0.3) is 116 Å². The summed E-state index contributed by atoms with van der Waals surface area (Å²) in [5.41, 5.74) is 14.5.